The van der Waals surface area contributed by atoms with E-state index in [0.717, 1.165) is 18.2 Å². The van der Waals surface area contributed by atoms with E-state index in [9.17, 15) is 13.2 Å². The van der Waals surface area contributed by atoms with E-state index in [1.165, 1.54) is 6.92 Å². The molecule has 1 rings (SSSR count). The number of rotatable bonds is 4. The van der Waals surface area contributed by atoms with Gasteiger partial charge in [-0.3, -0.25) is 4.79 Å². The van der Waals surface area contributed by atoms with Crippen LogP contribution in [0, 0.1) is 0 Å². The summed E-state index contributed by atoms with van der Waals surface area (Å²) in [6, 6.07) is 7.07. The van der Waals surface area contributed by atoms with E-state index < -0.39 is 15.1 Å². The van der Waals surface area contributed by atoms with Crippen molar-refractivity contribution in [3.05, 3.63) is 35.4 Å². The smallest absolute Gasteiger partial charge is 0.180 e. The van der Waals surface area contributed by atoms with Gasteiger partial charge in [0.15, 0.2) is 15.6 Å². The minimum atomic E-state index is -3.32. The molecule has 88 valence electrons. The van der Waals surface area contributed by atoms with Crippen LogP contribution in [0.2, 0.25) is 0 Å². The molecule has 1 atom stereocenters. The summed E-state index contributed by atoms with van der Waals surface area (Å²) in [7, 11) is -3.32. The lowest BCUT2D eigenvalue weighted by molar-refractivity contribution is 0.0991. The van der Waals surface area contributed by atoms with Crippen molar-refractivity contribution in [1.29, 1.82) is 0 Å². The van der Waals surface area contributed by atoms with Crippen LogP contribution in [0.5, 0.6) is 0 Å². The Hall–Kier alpha value is -1.16. The fraction of sp³-hybridized carbons (Fsp3) is 0.417. The largest absolute Gasteiger partial charge is 0.293 e. The average molecular weight is 240 g/mol. The van der Waals surface area contributed by atoms with Crippen LogP contribution >= 0.6 is 0 Å². The van der Waals surface area contributed by atoms with E-state index in [0.29, 0.717) is 5.56 Å². The van der Waals surface area contributed by atoms with Crippen molar-refractivity contribution < 1.29 is 13.2 Å². The Morgan fingerprint density at radius 3 is 2.12 bits per heavy atom. The minimum Gasteiger partial charge on any atom is -0.293 e. The highest BCUT2D eigenvalue weighted by molar-refractivity contribution is 7.92. The zero-order chi connectivity index (χ0) is 12.3. The number of ketones is 1. The van der Waals surface area contributed by atoms with E-state index in [4.69, 9.17) is 0 Å². The van der Waals surface area contributed by atoms with Gasteiger partial charge in [0.05, 0.1) is 0 Å². The van der Waals surface area contributed by atoms with E-state index in [1.54, 1.807) is 12.1 Å². The van der Waals surface area contributed by atoms with E-state index in [2.05, 4.69) is 0 Å². The highest BCUT2D eigenvalue weighted by Gasteiger charge is 2.24. The summed E-state index contributed by atoms with van der Waals surface area (Å²) in [6.07, 6.45) is 1.98. The van der Waals surface area contributed by atoms with Gasteiger partial charge in [-0.1, -0.05) is 31.2 Å². The molecule has 3 nitrogen and oxygen atoms in total. The molecule has 0 fully saturated rings. The standard InChI is InChI=1S/C12H16O3S/c1-4-10-5-7-11(8-6-10)12(13)9(2)16(3,14)15/h5-9H,4H2,1-3H3. The first-order valence-corrected chi connectivity index (χ1v) is 7.13. The van der Waals surface area contributed by atoms with Gasteiger partial charge in [0, 0.05) is 11.8 Å². The number of hydrogen-bond acceptors (Lipinski definition) is 3. The van der Waals surface area contributed by atoms with Crippen LogP contribution in [0.25, 0.3) is 0 Å². The first-order chi connectivity index (χ1) is 7.36. The van der Waals surface area contributed by atoms with Crippen molar-refractivity contribution in [2.24, 2.45) is 0 Å². The van der Waals surface area contributed by atoms with Crippen LogP contribution in [0.4, 0.5) is 0 Å². The summed E-state index contributed by atoms with van der Waals surface area (Å²) in [6.45, 7) is 3.45. The summed E-state index contributed by atoms with van der Waals surface area (Å²) in [4.78, 5) is 11.8. The minimum absolute atomic E-state index is 0.342. The number of hydrogen-bond donors (Lipinski definition) is 0. The fourth-order valence-corrected chi connectivity index (χ4v) is 1.86. The van der Waals surface area contributed by atoms with Gasteiger partial charge in [0.25, 0.3) is 0 Å². The molecule has 0 bridgehead atoms. The number of carbonyl (C=O) groups is 1. The molecule has 1 aromatic rings. The van der Waals surface area contributed by atoms with Gasteiger partial charge in [0.2, 0.25) is 0 Å². The highest BCUT2D eigenvalue weighted by atomic mass is 32.2. The van der Waals surface area contributed by atoms with Gasteiger partial charge in [-0.25, -0.2) is 8.42 Å². The molecular formula is C12H16O3S. The zero-order valence-corrected chi connectivity index (χ0v) is 10.5. The molecule has 0 aliphatic carbocycles. The van der Waals surface area contributed by atoms with E-state index >= 15 is 0 Å². The molecule has 0 amide bonds. The Labute approximate surface area is 96.4 Å². The molecule has 0 spiro atoms. The topological polar surface area (TPSA) is 51.2 Å². The van der Waals surface area contributed by atoms with Gasteiger partial charge in [-0.15, -0.1) is 0 Å². The van der Waals surface area contributed by atoms with Crippen molar-refractivity contribution in [2.75, 3.05) is 6.26 Å². The molecule has 1 unspecified atom stereocenters. The average Bonchev–Trinajstić information content (AvgIpc) is 2.26. The van der Waals surface area contributed by atoms with Crippen molar-refractivity contribution in [2.45, 2.75) is 25.5 Å². The molecule has 16 heavy (non-hydrogen) atoms. The van der Waals surface area contributed by atoms with Crippen LogP contribution in [0.3, 0.4) is 0 Å². The Bertz CT molecular complexity index is 471. The third-order valence-corrected chi connectivity index (χ3v) is 4.16. The normalized spacial score (nSPS) is 13.4. The van der Waals surface area contributed by atoms with Crippen molar-refractivity contribution in [3.8, 4) is 0 Å². The molecule has 1 aromatic carbocycles. The molecule has 0 radical (unpaired) electrons. The number of carbonyl (C=O) groups excluding carboxylic acids is 1. The molecule has 0 aromatic heterocycles. The number of Topliss-reactive ketones (excluding diaryl/α,β-unsaturated/α-hetero) is 1. The van der Waals surface area contributed by atoms with Crippen molar-refractivity contribution in [1.82, 2.24) is 0 Å². The molecule has 4 heteroatoms. The Balaban J connectivity index is 2.97. The summed E-state index contributed by atoms with van der Waals surface area (Å²) < 4.78 is 22.5. The molecule has 0 aliphatic rings. The first kappa shape index (κ1) is 12.9. The highest BCUT2D eigenvalue weighted by Crippen LogP contribution is 2.11. The lowest BCUT2D eigenvalue weighted by Crippen LogP contribution is -2.26. The number of sulfone groups is 1. The molecule has 0 saturated carbocycles. The summed E-state index contributed by atoms with van der Waals surface area (Å²) in [5, 5.41) is -0.972. The predicted molar refractivity (Wildman–Crippen MR) is 64.5 cm³/mol. The molecule has 0 N–H and O–H groups in total. The Kier molecular flexibility index (Phi) is 3.86. The van der Waals surface area contributed by atoms with Gasteiger partial charge in [-0.05, 0) is 18.9 Å². The number of aryl methyl sites for hydroxylation is 1. The zero-order valence-electron chi connectivity index (χ0n) is 9.73. The van der Waals surface area contributed by atoms with Gasteiger partial charge in [-0.2, -0.15) is 0 Å². The van der Waals surface area contributed by atoms with Crippen molar-refractivity contribution in [3.63, 3.8) is 0 Å². The number of benzene rings is 1. The Morgan fingerprint density at radius 2 is 1.75 bits per heavy atom. The van der Waals surface area contributed by atoms with Gasteiger partial charge < -0.3 is 0 Å². The second-order valence-electron chi connectivity index (χ2n) is 3.89. The second-order valence-corrected chi connectivity index (χ2v) is 6.25. The monoisotopic (exact) mass is 240 g/mol. The fourth-order valence-electron chi connectivity index (χ4n) is 1.33. The molecular weight excluding hydrogens is 224 g/mol. The van der Waals surface area contributed by atoms with Crippen LogP contribution in [-0.2, 0) is 16.3 Å². The summed E-state index contributed by atoms with van der Waals surface area (Å²) in [5.41, 5.74) is 1.58. The van der Waals surface area contributed by atoms with Crippen molar-refractivity contribution >= 4 is 15.6 Å². The SMILES string of the molecule is CCc1ccc(C(=O)C(C)S(C)(=O)=O)cc1. The van der Waals surface area contributed by atoms with E-state index in [-0.39, 0.29) is 5.78 Å². The predicted octanol–water partition coefficient (Wildman–Crippen LogP) is 1.86. The van der Waals surface area contributed by atoms with Gasteiger partial charge >= 0.3 is 0 Å². The van der Waals surface area contributed by atoms with E-state index in [1.807, 2.05) is 19.1 Å². The second kappa shape index (κ2) is 4.78. The molecule has 0 heterocycles. The first-order valence-electron chi connectivity index (χ1n) is 5.18. The van der Waals surface area contributed by atoms with Crippen LogP contribution < -0.4 is 0 Å². The summed E-state index contributed by atoms with van der Waals surface area (Å²) >= 11 is 0. The Morgan fingerprint density at radius 1 is 1.25 bits per heavy atom. The molecule has 0 saturated heterocycles. The summed E-state index contributed by atoms with van der Waals surface area (Å²) in [5.74, 6) is -0.342. The van der Waals surface area contributed by atoms with Crippen LogP contribution in [0.1, 0.15) is 29.8 Å². The third-order valence-electron chi connectivity index (χ3n) is 2.66. The maximum Gasteiger partial charge on any atom is 0.180 e. The van der Waals surface area contributed by atoms with Crippen LogP contribution in [-0.4, -0.2) is 25.7 Å². The molecule has 0 aliphatic heterocycles. The van der Waals surface area contributed by atoms with Crippen LogP contribution in [0.15, 0.2) is 24.3 Å². The third kappa shape index (κ3) is 2.92. The lowest BCUT2D eigenvalue weighted by Gasteiger charge is -2.08. The quantitative estimate of drug-likeness (QED) is 0.755. The maximum absolute atomic E-state index is 11.8. The lowest BCUT2D eigenvalue weighted by atomic mass is 10.1. The van der Waals surface area contributed by atoms with Gasteiger partial charge in [0.1, 0.15) is 5.25 Å². The maximum atomic E-state index is 11.8.